The third-order valence-corrected chi connectivity index (χ3v) is 2.78. The molecule has 2 heterocycles. The van der Waals surface area contributed by atoms with Crippen LogP contribution in [0.3, 0.4) is 0 Å². The number of para-hydroxylation sites is 1. The minimum Gasteiger partial charge on any atom is -0.360 e. The van der Waals surface area contributed by atoms with Crippen LogP contribution in [-0.4, -0.2) is 16.6 Å². The summed E-state index contributed by atoms with van der Waals surface area (Å²) in [6.45, 7) is 9.79. The van der Waals surface area contributed by atoms with Crippen molar-refractivity contribution in [1.82, 2.24) is 4.98 Å². The first-order valence-corrected chi connectivity index (χ1v) is 7.13. The highest BCUT2D eigenvalue weighted by atomic mass is 16.1. The van der Waals surface area contributed by atoms with Crippen LogP contribution in [0.1, 0.15) is 40.2 Å². The van der Waals surface area contributed by atoms with Crippen LogP contribution >= 0.6 is 0 Å². The molecule has 0 saturated heterocycles. The summed E-state index contributed by atoms with van der Waals surface area (Å²) in [6.07, 6.45) is 3.73. The molecular formula is C17H22N2O. The lowest BCUT2D eigenvalue weighted by atomic mass is 10.1. The number of rotatable bonds is 1. The molecule has 20 heavy (non-hydrogen) atoms. The van der Waals surface area contributed by atoms with Crippen molar-refractivity contribution in [2.45, 2.75) is 34.6 Å². The molecule has 1 aromatic carbocycles. The molecule has 0 fully saturated rings. The van der Waals surface area contributed by atoms with Crippen molar-refractivity contribution in [3.63, 3.8) is 0 Å². The summed E-state index contributed by atoms with van der Waals surface area (Å²) in [6, 6.07) is 7.99. The van der Waals surface area contributed by atoms with E-state index in [1.54, 1.807) is 6.92 Å². The Kier molecular flexibility index (Phi) is 5.91. The van der Waals surface area contributed by atoms with Gasteiger partial charge in [-0.25, -0.2) is 4.99 Å². The SMILES string of the molecule is CC.CC.CC1=CC(c2c[nH]c3ccccc23)=NC1=O. The van der Waals surface area contributed by atoms with Crippen LogP contribution in [0.15, 0.2) is 47.1 Å². The number of carbonyl (C=O) groups is 1. The van der Waals surface area contributed by atoms with E-state index >= 15 is 0 Å². The summed E-state index contributed by atoms with van der Waals surface area (Å²) >= 11 is 0. The Morgan fingerprint density at radius 1 is 1.05 bits per heavy atom. The summed E-state index contributed by atoms with van der Waals surface area (Å²) in [7, 11) is 0. The van der Waals surface area contributed by atoms with E-state index in [0.29, 0.717) is 5.57 Å². The van der Waals surface area contributed by atoms with Gasteiger partial charge < -0.3 is 4.98 Å². The smallest absolute Gasteiger partial charge is 0.273 e. The number of H-pyrrole nitrogens is 1. The minimum atomic E-state index is -0.139. The van der Waals surface area contributed by atoms with Crippen molar-refractivity contribution in [2.75, 3.05) is 0 Å². The number of aromatic amines is 1. The van der Waals surface area contributed by atoms with Gasteiger partial charge in [0.25, 0.3) is 5.91 Å². The minimum absolute atomic E-state index is 0.139. The van der Waals surface area contributed by atoms with Gasteiger partial charge in [-0.15, -0.1) is 0 Å². The summed E-state index contributed by atoms with van der Waals surface area (Å²) in [5.41, 5.74) is 3.49. The lowest BCUT2D eigenvalue weighted by Gasteiger charge is -1.94. The number of carbonyl (C=O) groups excluding carboxylic acids is 1. The average molecular weight is 270 g/mol. The fourth-order valence-electron chi connectivity index (χ4n) is 1.92. The lowest BCUT2D eigenvalue weighted by Crippen LogP contribution is -1.92. The van der Waals surface area contributed by atoms with Gasteiger partial charge in [0.05, 0.1) is 5.71 Å². The molecule has 3 heteroatoms. The predicted octanol–water partition coefficient (Wildman–Crippen LogP) is 4.50. The molecular weight excluding hydrogens is 248 g/mol. The first kappa shape index (κ1) is 15.9. The second kappa shape index (κ2) is 7.43. The van der Waals surface area contributed by atoms with Crippen LogP contribution in [0, 0.1) is 0 Å². The highest BCUT2D eigenvalue weighted by molar-refractivity contribution is 6.26. The molecule has 3 nitrogen and oxygen atoms in total. The highest BCUT2D eigenvalue weighted by Crippen LogP contribution is 2.21. The number of nitrogens with one attached hydrogen (secondary N) is 1. The molecule has 0 atom stereocenters. The Morgan fingerprint density at radius 3 is 2.30 bits per heavy atom. The number of fused-ring (bicyclic) bond motifs is 1. The van der Waals surface area contributed by atoms with Gasteiger partial charge in [-0.3, -0.25) is 4.79 Å². The van der Waals surface area contributed by atoms with Gasteiger partial charge in [-0.1, -0.05) is 45.9 Å². The normalized spacial score (nSPS) is 12.9. The number of nitrogens with zero attached hydrogens (tertiary/aromatic N) is 1. The van der Waals surface area contributed by atoms with Crippen molar-refractivity contribution in [3.05, 3.63) is 47.7 Å². The second-order valence-corrected chi connectivity index (χ2v) is 3.88. The molecule has 0 bridgehead atoms. The van der Waals surface area contributed by atoms with Gasteiger partial charge in [-0.05, 0) is 19.1 Å². The van der Waals surface area contributed by atoms with E-state index in [1.165, 1.54) is 0 Å². The molecule has 1 N–H and O–H groups in total. The Labute approximate surface area is 120 Å². The van der Waals surface area contributed by atoms with Crippen LogP contribution in [0.5, 0.6) is 0 Å². The number of hydrogen-bond acceptors (Lipinski definition) is 1. The number of aliphatic imine (C=N–C) groups is 1. The van der Waals surface area contributed by atoms with Gasteiger partial charge in [0, 0.05) is 28.2 Å². The van der Waals surface area contributed by atoms with Gasteiger partial charge >= 0.3 is 0 Å². The van der Waals surface area contributed by atoms with Crippen LogP contribution in [0.4, 0.5) is 0 Å². The van der Waals surface area contributed by atoms with E-state index in [-0.39, 0.29) is 5.91 Å². The van der Waals surface area contributed by atoms with Gasteiger partial charge in [0.1, 0.15) is 0 Å². The quantitative estimate of drug-likeness (QED) is 0.815. The molecule has 0 saturated carbocycles. The first-order chi connectivity index (χ1) is 9.75. The Hall–Kier alpha value is -2.16. The summed E-state index contributed by atoms with van der Waals surface area (Å²) in [5, 5.41) is 1.10. The summed E-state index contributed by atoms with van der Waals surface area (Å²) in [4.78, 5) is 18.6. The van der Waals surface area contributed by atoms with E-state index in [2.05, 4.69) is 9.98 Å². The van der Waals surface area contributed by atoms with Gasteiger partial charge in [-0.2, -0.15) is 0 Å². The zero-order chi connectivity index (χ0) is 15.1. The topological polar surface area (TPSA) is 45.2 Å². The van der Waals surface area contributed by atoms with Crippen LogP contribution < -0.4 is 0 Å². The van der Waals surface area contributed by atoms with Crippen molar-refractivity contribution in [1.29, 1.82) is 0 Å². The molecule has 1 aliphatic rings. The van der Waals surface area contributed by atoms with Crippen LogP contribution in [-0.2, 0) is 4.79 Å². The molecule has 106 valence electrons. The number of allylic oxidation sites excluding steroid dienone is 1. The molecule has 0 spiro atoms. The Bertz CT molecular complexity index is 648. The van der Waals surface area contributed by atoms with E-state index in [0.717, 1.165) is 22.2 Å². The van der Waals surface area contributed by atoms with Crippen molar-refractivity contribution < 1.29 is 4.79 Å². The van der Waals surface area contributed by atoms with Crippen molar-refractivity contribution in [3.8, 4) is 0 Å². The molecule has 3 rings (SSSR count). The second-order valence-electron chi connectivity index (χ2n) is 3.88. The third kappa shape index (κ3) is 3.05. The molecule has 0 aliphatic carbocycles. The molecule has 2 aromatic rings. The lowest BCUT2D eigenvalue weighted by molar-refractivity contribution is -0.114. The van der Waals surface area contributed by atoms with Crippen LogP contribution in [0.2, 0.25) is 0 Å². The van der Waals surface area contributed by atoms with Crippen molar-refractivity contribution >= 4 is 22.5 Å². The van der Waals surface area contributed by atoms with Crippen molar-refractivity contribution in [2.24, 2.45) is 4.99 Å². The molecule has 1 aromatic heterocycles. The molecule has 0 radical (unpaired) electrons. The average Bonchev–Trinajstić information content (AvgIpc) is 3.07. The van der Waals surface area contributed by atoms with Gasteiger partial charge in [0.15, 0.2) is 0 Å². The van der Waals surface area contributed by atoms with Gasteiger partial charge in [0.2, 0.25) is 0 Å². The Balaban J connectivity index is 0.000000461. The van der Waals surface area contributed by atoms with Crippen LogP contribution in [0.25, 0.3) is 10.9 Å². The maximum Gasteiger partial charge on any atom is 0.273 e. The molecule has 1 aliphatic heterocycles. The molecule has 1 amide bonds. The maximum atomic E-state index is 11.3. The monoisotopic (exact) mass is 270 g/mol. The number of hydrogen-bond donors (Lipinski definition) is 1. The Morgan fingerprint density at radius 2 is 1.70 bits per heavy atom. The zero-order valence-corrected chi connectivity index (χ0v) is 12.8. The molecule has 0 unspecified atom stereocenters. The third-order valence-electron chi connectivity index (χ3n) is 2.78. The van der Waals surface area contributed by atoms with E-state index < -0.39 is 0 Å². The zero-order valence-electron chi connectivity index (χ0n) is 12.8. The number of aromatic nitrogens is 1. The fourth-order valence-corrected chi connectivity index (χ4v) is 1.92. The van der Waals surface area contributed by atoms with E-state index in [9.17, 15) is 4.79 Å². The number of amides is 1. The first-order valence-electron chi connectivity index (χ1n) is 7.13. The summed E-state index contributed by atoms with van der Waals surface area (Å²) in [5.74, 6) is -0.139. The van der Waals surface area contributed by atoms with E-state index in [4.69, 9.17) is 0 Å². The standard InChI is InChI=1S/C13H10N2O.2C2H6/c1-8-6-12(15-13(8)16)10-7-14-11-5-3-2-4-9(10)11;2*1-2/h2-7,14H,1H3;2*1-2H3. The summed E-state index contributed by atoms with van der Waals surface area (Å²) < 4.78 is 0. The number of benzene rings is 1. The fraction of sp³-hybridized carbons (Fsp3) is 0.294. The predicted molar refractivity (Wildman–Crippen MR) is 86.3 cm³/mol. The van der Waals surface area contributed by atoms with E-state index in [1.807, 2.05) is 64.2 Å². The largest absolute Gasteiger partial charge is 0.360 e. The highest BCUT2D eigenvalue weighted by Gasteiger charge is 2.17. The maximum absolute atomic E-state index is 11.3.